The first-order valence-electron chi connectivity index (χ1n) is 9.56. The quantitative estimate of drug-likeness (QED) is 0.844. The molecule has 0 aromatic carbocycles. The maximum Gasteiger partial charge on any atom is 0.270 e. The summed E-state index contributed by atoms with van der Waals surface area (Å²) in [6.45, 7) is 0. The molecule has 2 amide bonds. The van der Waals surface area contributed by atoms with Gasteiger partial charge in [0.25, 0.3) is 5.91 Å². The lowest BCUT2D eigenvalue weighted by Gasteiger charge is -2.28. The van der Waals surface area contributed by atoms with E-state index in [4.69, 9.17) is 0 Å². The summed E-state index contributed by atoms with van der Waals surface area (Å²) in [7, 11) is 1.67. The molecule has 27 heavy (non-hydrogen) atoms. The number of aromatic nitrogens is 4. The van der Waals surface area contributed by atoms with E-state index in [2.05, 4.69) is 25.6 Å². The van der Waals surface area contributed by atoms with Gasteiger partial charge >= 0.3 is 0 Å². The summed E-state index contributed by atoms with van der Waals surface area (Å²) in [5, 5.41) is 5.84. The summed E-state index contributed by atoms with van der Waals surface area (Å²) in [5.41, 5.74) is 2.41. The predicted octanol–water partition coefficient (Wildman–Crippen LogP) is 1.19. The summed E-state index contributed by atoms with van der Waals surface area (Å²) in [6, 6.07) is 0.0853. The van der Waals surface area contributed by atoms with E-state index in [0.717, 1.165) is 56.2 Å². The second kappa shape index (κ2) is 7.46. The fourth-order valence-electron chi connectivity index (χ4n) is 4.06. The molecule has 0 saturated heterocycles. The molecule has 2 aliphatic carbocycles. The number of amides is 2. The number of hydrogen-bond acceptors (Lipinski definition) is 5. The van der Waals surface area contributed by atoms with E-state index in [1.807, 2.05) is 0 Å². The van der Waals surface area contributed by atoms with Crippen molar-refractivity contribution in [1.82, 2.24) is 30.2 Å². The molecule has 1 fully saturated rings. The van der Waals surface area contributed by atoms with Crippen LogP contribution >= 0.6 is 0 Å². The van der Waals surface area contributed by atoms with E-state index >= 15 is 0 Å². The third-order valence-corrected chi connectivity index (χ3v) is 5.55. The van der Waals surface area contributed by atoms with Crippen LogP contribution in [0.4, 0.5) is 0 Å². The molecule has 0 radical (unpaired) electrons. The van der Waals surface area contributed by atoms with Crippen molar-refractivity contribution in [2.45, 2.75) is 51.0 Å². The number of carbonyl (C=O) groups excluding carboxylic acids is 2. The highest BCUT2D eigenvalue weighted by Gasteiger charge is 2.29. The summed E-state index contributed by atoms with van der Waals surface area (Å²) >= 11 is 0. The van der Waals surface area contributed by atoms with Crippen molar-refractivity contribution in [3.8, 4) is 5.95 Å². The van der Waals surface area contributed by atoms with Crippen molar-refractivity contribution < 1.29 is 9.59 Å². The van der Waals surface area contributed by atoms with Gasteiger partial charge in [0.2, 0.25) is 11.9 Å². The van der Waals surface area contributed by atoms with Gasteiger partial charge in [-0.05, 0) is 44.9 Å². The Balaban J connectivity index is 1.50. The molecule has 1 saturated carbocycles. The van der Waals surface area contributed by atoms with Gasteiger partial charge in [-0.15, -0.1) is 0 Å². The van der Waals surface area contributed by atoms with Crippen LogP contribution in [0.5, 0.6) is 0 Å². The molecule has 142 valence electrons. The maximum atomic E-state index is 13.0. The average molecular weight is 368 g/mol. The SMILES string of the molecule is CNC(=O)C1CCC(NC(=O)c2nc(-n3ccnc3)nc3c2CCC3)CC1. The molecule has 2 aromatic heterocycles. The zero-order valence-electron chi connectivity index (χ0n) is 15.4. The first kappa shape index (κ1) is 17.6. The van der Waals surface area contributed by atoms with Gasteiger partial charge in [0, 0.05) is 42.7 Å². The Morgan fingerprint density at radius 3 is 2.67 bits per heavy atom. The Morgan fingerprint density at radius 1 is 1.15 bits per heavy atom. The molecule has 0 spiro atoms. The van der Waals surface area contributed by atoms with E-state index in [1.165, 1.54) is 0 Å². The highest BCUT2D eigenvalue weighted by atomic mass is 16.2. The second-order valence-electron chi connectivity index (χ2n) is 7.26. The van der Waals surface area contributed by atoms with Gasteiger partial charge in [0.15, 0.2) is 0 Å². The number of imidazole rings is 1. The van der Waals surface area contributed by atoms with Crippen LogP contribution < -0.4 is 10.6 Å². The van der Waals surface area contributed by atoms with Gasteiger partial charge in [-0.1, -0.05) is 0 Å². The van der Waals surface area contributed by atoms with Crippen LogP contribution in [0.1, 0.15) is 53.8 Å². The molecule has 0 bridgehead atoms. The minimum atomic E-state index is -0.139. The molecular formula is C19H24N6O2. The summed E-state index contributed by atoms with van der Waals surface area (Å²) < 4.78 is 1.73. The normalized spacial score (nSPS) is 21.5. The molecule has 2 heterocycles. The third kappa shape index (κ3) is 3.56. The zero-order valence-corrected chi connectivity index (χ0v) is 15.4. The molecule has 2 aliphatic rings. The first-order chi connectivity index (χ1) is 13.2. The van der Waals surface area contributed by atoms with Crippen LogP contribution in [-0.2, 0) is 17.6 Å². The molecule has 8 nitrogen and oxygen atoms in total. The van der Waals surface area contributed by atoms with Crippen LogP contribution in [0.2, 0.25) is 0 Å². The van der Waals surface area contributed by atoms with Crippen molar-refractivity contribution in [2.24, 2.45) is 5.92 Å². The van der Waals surface area contributed by atoms with Crippen molar-refractivity contribution in [1.29, 1.82) is 0 Å². The largest absolute Gasteiger partial charge is 0.359 e. The topological polar surface area (TPSA) is 102 Å². The average Bonchev–Trinajstić information content (AvgIpc) is 3.38. The lowest BCUT2D eigenvalue weighted by atomic mass is 9.85. The number of hydrogen-bond donors (Lipinski definition) is 2. The highest BCUT2D eigenvalue weighted by molar-refractivity contribution is 5.94. The van der Waals surface area contributed by atoms with Crippen LogP contribution in [0.25, 0.3) is 5.95 Å². The molecular weight excluding hydrogens is 344 g/mol. The van der Waals surface area contributed by atoms with Gasteiger partial charge < -0.3 is 10.6 Å². The Bertz CT molecular complexity index is 840. The Labute approximate surface area is 157 Å². The first-order valence-corrected chi connectivity index (χ1v) is 9.56. The van der Waals surface area contributed by atoms with E-state index in [9.17, 15) is 9.59 Å². The van der Waals surface area contributed by atoms with Crippen LogP contribution in [0.3, 0.4) is 0 Å². The van der Waals surface area contributed by atoms with Crippen molar-refractivity contribution in [3.63, 3.8) is 0 Å². The molecule has 2 aromatic rings. The van der Waals surface area contributed by atoms with Gasteiger partial charge in [0.05, 0.1) is 0 Å². The molecule has 0 unspecified atom stereocenters. The molecule has 4 rings (SSSR count). The second-order valence-corrected chi connectivity index (χ2v) is 7.26. The van der Waals surface area contributed by atoms with Gasteiger partial charge in [-0.25, -0.2) is 15.0 Å². The molecule has 8 heteroatoms. The smallest absolute Gasteiger partial charge is 0.270 e. The number of fused-ring (bicyclic) bond motifs is 1. The molecule has 0 atom stereocenters. The fraction of sp³-hybridized carbons (Fsp3) is 0.526. The Kier molecular flexibility index (Phi) is 4.87. The lowest BCUT2D eigenvalue weighted by molar-refractivity contribution is -0.125. The summed E-state index contributed by atoms with van der Waals surface area (Å²) in [4.78, 5) is 37.9. The maximum absolute atomic E-state index is 13.0. The number of aryl methyl sites for hydroxylation is 1. The minimum absolute atomic E-state index is 0.0549. The zero-order chi connectivity index (χ0) is 18.8. The van der Waals surface area contributed by atoms with Gasteiger partial charge in [0.1, 0.15) is 12.0 Å². The fourth-order valence-corrected chi connectivity index (χ4v) is 4.06. The van der Waals surface area contributed by atoms with E-state index in [-0.39, 0.29) is 23.8 Å². The lowest BCUT2D eigenvalue weighted by Crippen LogP contribution is -2.41. The van der Waals surface area contributed by atoms with Gasteiger partial charge in [-0.2, -0.15) is 0 Å². The van der Waals surface area contributed by atoms with E-state index in [0.29, 0.717) is 11.6 Å². The van der Waals surface area contributed by atoms with Crippen LogP contribution in [-0.4, -0.2) is 44.4 Å². The van der Waals surface area contributed by atoms with Crippen molar-refractivity contribution >= 4 is 11.8 Å². The number of rotatable bonds is 4. The van der Waals surface area contributed by atoms with Crippen molar-refractivity contribution in [3.05, 3.63) is 35.7 Å². The van der Waals surface area contributed by atoms with E-state index in [1.54, 1.807) is 30.3 Å². The Morgan fingerprint density at radius 2 is 1.96 bits per heavy atom. The highest BCUT2D eigenvalue weighted by Crippen LogP contribution is 2.26. The third-order valence-electron chi connectivity index (χ3n) is 5.55. The van der Waals surface area contributed by atoms with Gasteiger partial charge in [-0.3, -0.25) is 14.2 Å². The number of nitrogens with zero attached hydrogens (tertiary/aromatic N) is 4. The summed E-state index contributed by atoms with van der Waals surface area (Å²) in [6.07, 6.45) is 11.0. The number of nitrogens with one attached hydrogen (secondary N) is 2. The molecule has 2 N–H and O–H groups in total. The summed E-state index contributed by atoms with van der Waals surface area (Å²) in [5.74, 6) is 0.500. The van der Waals surface area contributed by atoms with Crippen molar-refractivity contribution in [2.75, 3.05) is 7.05 Å². The number of carbonyl (C=O) groups is 2. The van der Waals surface area contributed by atoms with Crippen LogP contribution in [0, 0.1) is 5.92 Å². The molecule has 0 aliphatic heterocycles. The van der Waals surface area contributed by atoms with Crippen LogP contribution in [0.15, 0.2) is 18.7 Å². The predicted molar refractivity (Wildman–Crippen MR) is 98.5 cm³/mol. The standard InChI is InChI=1S/C19H24N6O2/c1-20-17(26)12-5-7-13(8-6-12)22-18(27)16-14-3-2-4-15(14)23-19(24-16)25-10-9-21-11-25/h9-13H,2-8H2,1H3,(H,20,26)(H,22,27). The monoisotopic (exact) mass is 368 g/mol. The van der Waals surface area contributed by atoms with E-state index < -0.39 is 0 Å². The minimum Gasteiger partial charge on any atom is -0.359 e. The Hall–Kier alpha value is -2.77.